The summed E-state index contributed by atoms with van der Waals surface area (Å²) >= 11 is 0. The summed E-state index contributed by atoms with van der Waals surface area (Å²) in [4.78, 5) is 14.5. The van der Waals surface area contributed by atoms with Crippen molar-refractivity contribution in [2.45, 2.75) is 26.3 Å². The molecule has 2 aromatic rings. The van der Waals surface area contributed by atoms with Crippen LogP contribution in [0.15, 0.2) is 46.9 Å². The Morgan fingerprint density at radius 1 is 1.20 bits per heavy atom. The summed E-state index contributed by atoms with van der Waals surface area (Å²) in [6, 6.07) is 14.1. The van der Waals surface area contributed by atoms with Crippen molar-refractivity contribution in [3.8, 4) is 0 Å². The molecule has 25 heavy (non-hydrogen) atoms. The van der Waals surface area contributed by atoms with Crippen LogP contribution in [0, 0.1) is 6.92 Å². The van der Waals surface area contributed by atoms with Crippen molar-refractivity contribution < 1.29 is 13.9 Å². The van der Waals surface area contributed by atoms with Gasteiger partial charge in [0.05, 0.1) is 13.1 Å². The number of carbonyl (C=O) groups excluding carboxylic acids is 1. The summed E-state index contributed by atoms with van der Waals surface area (Å²) in [6.07, 6.45) is 1.72. The van der Waals surface area contributed by atoms with Crippen LogP contribution < -0.4 is 5.32 Å². The van der Waals surface area contributed by atoms with Crippen LogP contribution in [0.4, 0.5) is 0 Å². The highest BCUT2D eigenvalue weighted by Gasteiger charge is 2.15. The van der Waals surface area contributed by atoms with E-state index in [1.54, 1.807) is 7.11 Å². The van der Waals surface area contributed by atoms with Crippen molar-refractivity contribution in [2.24, 2.45) is 0 Å². The molecular weight excluding hydrogens is 316 g/mol. The first-order chi connectivity index (χ1) is 12.2. The Labute approximate surface area is 150 Å². The van der Waals surface area contributed by atoms with E-state index in [4.69, 9.17) is 9.15 Å². The van der Waals surface area contributed by atoms with Crippen molar-refractivity contribution in [3.05, 3.63) is 59.5 Å². The van der Waals surface area contributed by atoms with E-state index >= 15 is 0 Å². The second kappa shape index (κ2) is 10.7. The SMILES string of the molecule is COCCCNCC(=O)N(CCc1ccccc1)Cc1ccc(C)o1. The monoisotopic (exact) mass is 344 g/mol. The Bertz CT molecular complexity index is 625. The summed E-state index contributed by atoms with van der Waals surface area (Å²) in [5.41, 5.74) is 1.23. The smallest absolute Gasteiger partial charge is 0.236 e. The lowest BCUT2D eigenvalue weighted by atomic mass is 10.1. The van der Waals surface area contributed by atoms with Crippen LogP contribution in [0.5, 0.6) is 0 Å². The molecule has 1 N–H and O–H groups in total. The predicted octanol–water partition coefficient (Wildman–Crippen LogP) is 2.79. The highest BCUT2D eigenvalue weighted by Crippen LogP contribution is 2.11. The zero-order valence-electron chi connectivity index (χ0n) is 15.2. The molecule has 0 aliphatic carbocycles. The summed E-state index contributed by atoms with van der Waals surface area (Å²) < 4.78 is 10.7. The minimum atomic E-state index is 0.0856. The number of hydrogen-bond acceptors (Lipinski definition) is 4. The topological polar surface area (TPSA) is 54.7 Å². The van der Waals surface area contributed by atoms with Crippen LogP contribution >= 0.6 is 0 Å². The molecule has 1 aromatic carbocycles. The maximum atomic E-state index is 12.6. The van der Waals surface area contributed by atoms with Gasteiger partial charge in [0.25, 0.3) is 0 Å². The molecule has 1 heterocycles. The lowest BCUT2D eigenvalue weighted by Crippen LogP contribution is -2.39. The van der Waals surface area contributed by atoms with Crippen LogP contribution in [0.1, 0.15) is 23.5 Å². The van der Waals surface area contributed by atoms with Gasteiger partial charge in [0, 0.05) is 20.3 Å². The van der Waals surface area contributed by atoms with Gasteiger partial charge < -0.3 is 19.4 Å². The fourth-order valence-corrected chi connectivity index (χ4v) is 2.61. The molecule has 0 unspecified atom stereocenters. The maximum Gasteiger partial charge on any atom is 0.236 e. The number of furan rings is 1. The molecule has 0 aliphatic heterocycles. The highest BCUT2D eigenvalue weighted by atomic mass is 16.5. The minimum Gasteiger partial charge on any atom is -0.464 e. The third-order valence-corrected chi connectivity index (χ3v) is 3.99. The Morgan fingerprint density at radius 2 is 2.00 bits per heavy atom. The van der Waals surface area contributed by atoms with E-state index in [1.165, 1.54) is 5.56 Å². The molecule has 5 nitrogen and oxygen atoms in total. The minimum absolute atomic E-state index is 0.0856. The van der Waals surface area contributed by atoms with Crippen LogP contribution in [-0.2, 0) is 22.5 Å². The number of carbonyl (C=O) groups is 1. The quantitative estimate of drug-likeness (QED) is 0.637. The zero-order valence-corrected chi connectivity index (χ0v) is 15.2. The van der Waals surface area contributed by atoms with Crippen LogP contribution in [-0.4, -0.2) is 44.2 Å². The van der Waals surface area contributed by atoms with Gasteiger partial charge in [-0.15, -0.1) is 0 Å². The summed E-state index contributed by atoms with van der Waals surface area (Å²) in [6.45, 7) is 4.88. The second-order valence-electron chi connectivity index (χ2n) is 6.09. The number of hydrogen-bond donors (Lipinski definition) is 1. The molecule has 2 rings (SSSR count). The van der Waals surface area contributed by atoms with E-state index < -0.39 is 0 Å². The summed E-state index contributed by atoms with van der Waals surface area (Å²) in [5.74, 6) is 1.77. The van der Waals surface area contributed by atoms with Gasteiger partial charge in [0.1, 0.15) is 11.5 Å². The average Bonchev–Trinajstić information content (AvgIpc) is 3.04. The normalized spacial score (nSPS) is 10.8. The van der Waals surface area contributed by atoms with Gasteiger partial charge in [0.15, 0.2) is 0 Å². The van der Waals surface area contributed by atoms with E-state index in [2.05, 4.69) is 17.4 Å². The van der Waals surface area contributed by atoms with Gasteiger partial charge >= 0.3 is 0 Å². The molecule has 0 bridgehead atoms. The number of amides is 1. The molecule has 5 heteroatoms. The highest BCUT2D eigenvalue weighted by molar-refractivity contribution is 5.78. The molecule has 1 aromatic heterocycles. The van der Waals surface area contributed by atoms with E-state index in [1.807, 2.05) is 42.2 Å². The van der Waals surface area contributed by atoms with Crippen molar-refractivity contribution in [2.75, 3.05) is 33.4 Å². The van der Waals surface area contributed by atoms with Crippen molar-refractivity contribution in [1.29, 1.82) is 0 Å². The molecule has 0 saturated heterocycles. The number of benzene rings is 1. The summed E-state index contributed by atoms with van der Waals surface area (Å²) in [7, 11) is 1.68. The first-order valence-corrected chi connectivity index (χ1v) is 8.75. The summed E-state index contributed by atoms with van der Waals surface area (Å²) in [5, 5.41) is 3.19. The van der Waals surface area contributed by atoms with Gasteiger partial charge in [-0.05, 0) is 44.0 Å². The van der Waals surface area contributed by atoms with Crippen molar-refractivity contribution in [1.82, 2.24) is 10.2 Å². The Balaban J connectivity index is 1.89. The first kappa shape index (κ1) is 19.2. The Morgan fingerprint density at radius 3 is 2.68 bits per heavy atom. The fraction of sp³-hybridized carbons (Fsp3) is 0.450. The number of nitrogens with one attached hydrogen (secondary N) is 1. The molecule has 136 valence electrons. The number of aryl methyl sites for hydroxylation is 1. The van der Waals surface area contributed by atoms with E-state index in [0.29, 0.717) is 26.2 Å². The van der Waals surface area contributed by atoms with Gasteiger partial charge in [0.2, 0.25) is 5.91 Å². The average molecular weight is 344 g/mol. The number of methoxy groups -OCH3 is 1. The molecule has 0 radical (unpaired) electrons. The molecule has 0 fully saturated rings. The van der Waals surface area contributed by atoms with Gasteiger partial charge in [-0.3, -0.25) is 4.79 Å². The molecule has 0 saturated carbocycles. The maximum absolute atomic E-state index is 12.6. The van der Waals surface area contributed by atoms with Crippen LogP contribution in [0.3, 0.4) is 0 Å². The van der Waals surface area contributed by atoms with E-state index in [-0.39, 0.29) is 5.91 Å². The largest absolute Gasteiger partial charge is 0.464 e. The Kier molecular flexibility index (Phi) is 8.22. The molecule has 1 amide bonds. The number of nitrogens with zero attached hydrogens (tertiary/aromatic N) is 1. The second-order valence-corrected chi connectivity index (χ2v) is 6.09. The van der Waals surface area contributed by atoms with Crippen LogP contribution in [0.2, 0.25) is 0 Å². The van der Waals surface area contributed by atoms with Crippen LogP contribution in [0.25, 0.3) is 0 Å². The van der Waals surface area contributed by atoms with E-state index in [9.17, 15) is 4.79 Å². The van der Waals surface area contributed by atoms with Gasteiger partial charge in [-0.25, -0.2) is 0 Å². The number of ether oxygens (including phenoxy) is 1. The molecular formula is C20H28N2O3. The third-order valence-electron chi connectivity index (χ3n) is 3.99. The molecule has 0 aliphatic rings. The predicted molar refractivity (Wildman–Crippen MR) is 98.4 cm³/mol. The van der Waals surface area contributed by atoms with Gasteiger partial charge in [-0.2, -0.15) is 0 Å². The van der Waals surface area contributed by atoms with Gasteiger partial charge in [-0.1, -0.05) is 30.3 Å². The lowest BCUT2D eigenvalue weighted by molar-refractivity contribution is -0.131. The molecule has 0 atom stereocenters. The number of rotatable bonds is 11. The zero-order chi connectivity index (χ0) is 17.9. The first-order valence-electron chi connectivity index (χ1n) is 8.75. The standard InChI is InChI=1S/C20H28N2O3/c1-17-9-10-19(25-17)16-22(13-11-18-7-4-3-5-8-18)20(23)15-21-12-6-14-24-2/h3-5,7-10,21H,6,11-16H2,1-2H3. The fourth-order valence-electron chi connectivity index (χ4n) is 2.61. The third kappa shape index (κ3) is 7.11. The van der Waals surface area contributed by atoms with E-state index in [0.717, 1.165) is 30.9 Å². The molecule has 0 spiro atoms. The lowest BCUT2D eigenvalue weighted by Gasteiger charge is -2.22. The van der Waals surface area contributed by atoms with Crippen molar-refractivity contribution >= 4 is 5.91 Å². The van der Waals surface area contributed by atoms with Crippen molar-refractivity contribution in [3.63, 3.8) is 0 Å². The Hall–Kier alpha value is -2.11.